The Morgan fingerprint density at radius 1 is 1.11 bits per heavy atom. The zero-order valence-corrected chi connectivity index (χ0v) is 11.9. The Morgan fingerprint density at radius 2 is 1.79 bits per heavy atom. The smallest absolute Gasteiger partial charge is 0.222 e. The van der Waals surface area contributed by atoms with Gasteiger partial charge in [-0.3, -0.25) is 4.79 Å². The molecule has 3 heteroatoms. The summed E-state index contributed by atoms with van der Waals surface area (Å²) in [6.07, 6.45) is 11.3. The Balaban J connectivity index is 1.41. The van der Waals surface area contributed by atoms with Crippen LogP contribution in [0.4, 0.5) is 0 Å². The largest absolute Gasteiger partial charge is 0.393 e. The van der Waals surface area contributed by atoms with E-state index in [1.807, 2.05) is 4.90 Å². The minimum absolute atomic E-state index is 0.0942. The number of likely N-dealkylation sites (tertiary alicyclic amines) is 1. The average Bonchev–Trinajstić information content (AvgIpc) is 2.96. The summed E-state index contributed by atoms with van der Waals surface area (Å²) in [6.45, 7) is 1.75. The summed E-state index contributed by atoms with van der Waals surface area (Å²) in [4.78, 5) is 14.3. The molecule has 1 spiro atoms. The third-order valence-corrected chi connectivity index (χ3v) is 5.98. The molecule has 1 aliphatic heterocycles. The zero-order chi connectivity index (χ0) is 13.3. The van der Waals surface area contributed by atoms with E-state index in [0.29, 0.717) is 5.91 Å². The molecule has 0 aromatic carbocycles. The van der Waals surface area contributed by atoms with Crippen molar-refractivity contribution in [2.45, 2.75) is 70.3 Å². The fourth-order valence-electron chi connectivity index (χ4n) is 4.25. The van der Waals surface area contributed by atoms with Crippen LogP contribution in [0.3, 0.4) is 0 Å². The molecule has 1 saturated heterocycles. The van der Waals surface area contributed by atoms with E-state index in [9.17, 15) is 9.90 Å². The van der Waals surface area contributed by atoms with Crippen LogP contribution in [0.2, 0.25) is 0 Å². The normalized spacial score (nSPS) is 30.6. The molecule has 108 valence electrons. The highest BCUT2D eigenvalue weighted by Gasteiger charge is 2.47. The van der Waals surface area contributed by atoms with Gasteiger partial charge in [-0.2, -0.15) is 0 Å². The standard InChI is InChI=1S/C16H27NO2/c18-14-7-8-16(14)9-11-17(12-10-16)15(19)6-5-13-3-1-2-4-13/h13-14,18H,1-12H2. The van der Waals surface area contributed by atoms with E-state index >= 15 is 0 Å². The van der Waals surface area contributed by atoms with Gasteiger partial charge in [0.25, 0.3) is 0 Å². The van der Waals surface area contributed by atoms with E-state index < -0.39 is 0 Å². The molecule has 3 fully saturated rings. The van der Waals surface area contributed by atoms with E-state index in [2.05, 4.69) is 0 Å². The van der Waals surface area contributed by atoms with Gasteiger partial charge >= 0.3 is 0 Å². The fourth-order valence-corrected chi connectivity index (χ4v) is 4.25. The second kappa shape index (κ2) is 5.43. The number of aliphatic hydroxyl groups is 1. The van der Waals surface area contributed by atoms with Crippen molar-refractivity contribution in [1.82, 2.24) is 4.90 Å². The number of amides is 1. The van der Waals surface area contributed by atoms with Crippen LogP contribution in [0, 0.1) is 11.3 Å². The molecule has 0 aromatic heterocycles. The van der Waals surface area contributed by atoms with Crippen LogP contribution < -0.4 is 0 Å². The maximum atomic E-state index is 12.2. The SMILES string of the molecule is O=C(CCC1CCCC1)N1CCC2(CCC2O)CC1. The quantitative estimate of drug-likeness (QED) is 0.852. The van der Waals surface area contributed by atoms with Gasteiger partial charge < -0.3 is 10.0 Å². The van der Waals surface area contributed by atoms with Crippen molar-refractivity contribution in [2.75, 3.05) is 13.1 Å². The molecule has 1 heterocycles. The highest BCUT2D eigenvalue weighted by atomic mass is 16.3. The van der Waals surface area contributed by atoms with Crippen molar-refractivity contribution in [1.29, 1.82) is 0 Å². The van der Waals surface area contributed by atoms with Crippen LogP contribution in [0.5, 0.6) is 0 Å². The summed E-state index contributed by atoms with van der Waals surface area (Å²) < 4.78 is 0. The first-order chi connectivity index (χ1) is 9.20. The Hall–Kier alpha value is -0.570. The summed E-state index contributed by atoms with van der Waals surface area (Å²) in [6, 6.07) is 0. The van der Waals surface area contributed by atoms with Gasteiger partial charge in [0.1, 0.15) is 0 Å². The number of piperidine rings is 1. The lowest BCUT2D eigenvalue weighted by molar-refractivity contribution is -0.141. The minimum Gasteiger partial charge on any atom is -0.393 e. The number of hydrogen-bond donors (Lipinski definition) is 1. The van der Waals surface area contributed by atoms with Gasteiger partial charge in [-0.15, -0.1) is 0 Å². The van der Waals surface area contributed by atoms with Crippen molar-refractivity contribution < 1.29 is 9.90 Å². The van der Waals surface area contributed by atoms with Gasteiger partial charge in [0.2, 0.25) is 5.91 Å². The number of carbonyl (C=O) groups excluding carboxylic acids is 1. The maximum absolute atomic E-state index is 12.2. The lowest BCUT2D eigenvalue weighted by Crippen LogP contribution is -2.53. The van der Waals surface area contributed by atoms with E-state index in [1.165, 1.54) is 25.7 Å². The summed E-state index contributed by atoms with van der Waals surface area (Å²) >= 11 is 0. The van der Waals surface area contributed by atoms with E-state index in [-0.39, 0.29) is 11.5 Å². The van der Waals surface area contributed by atoms with E-state index in [0.717, 1.165) is 57.5 Å². The van der Waals surface area contributed by atoms with Crippen LogP contribution in [-0.4, -0.2) is 35.1 Å². The summed E-state index contributed by atoms with van der Waals surface area (Å²) in [5.41, 5.74) is 0.183. The van der Waals surface area contributed by atoms with Crippen LogP contribution >= 0.6 is 0 Å². The van der Waals surface area contributed by atoms with Crippen molar-refractivity contribution in [3.05, 3.63) is 0 Å². The van der Waals surface area contributed by atoms with Crippen molar-refractivity contribution in [3.63, 3.8) is 0 Å². The second-order valence-electron chi connectivity index (χ2n) is 6.99. The minimum atomic E-state index is -0.0942. The molecule has 1 atom stereocenters. The molecule has 1 N–H and O–H groups in total. The third kappa shape index (κ3) is 2.67. The van der Waals surface area contributed by atoms with Crippen molar-refractivity contribution in [3.8, 4) is 0 Å². The second-order valence-corrected chi connectivity index (χ2v) is 6.99. The Morgan fingerprint density at radius 3 is 2.32 bits per heavy atom. The Bertz CT molecular complexity index is 328. The molecule has 0 radical (unpaired) electrons. The molecule has 3 nitrogen and oxygen atoms in total. The molecule has 2 saturated carbocycles. The van der Waals surface area contributed by atoms with Gasteiger partial charge in [-0.1, -0.05) is 25.7 Å². The third-order valence-electron chi connectivity index (χ3n) is 5.98. The van der Waals surface area contributed by atoms with Crippen LogP contribution in [-0.2, 0) is 4.79 Å². The molecular formula is C16H27NO2. The molecule has 1 unspecified atom stereocenters. The highest BCUT2D eigenvalue weighted by Crippen LogP contribution is 2.49. The highest BCUT2D eigenvalue weighted by molar-refractivity contribution is 5.76. The van der Waals surface area contributed by atoms with Gasteiger partial charge in [0, 0.05) is 19.5 Å². The predicted molar refractivity (Wildman–Crippen MR) is 74.7 cm³/mol. The molecule has 1 amide bonds. The van der Waals surface area contributed by atoms with Gasteiger partial charge in [-0.05, 0) is 43.4 Å². The molecule has 3 rings (SSSR count). The molecule has 0 bridgehead atoms. The van der Waals surface area contributed by atoms with Crippen LogP contribution in [0.15, 0.2) is 0 Å². The van der Waals surface area contributed by atoms with E-state index in [1.54, 1.807) is 0 Å². The molecule has 3 aliphatic rings. The average molecular weight is 265 g/mol. The summed E-state index contributed by atoms with van der Waals surface area (Å²) in [7, 11) is 0. The summed E-state index contributed by atoms with van der Waals surface area (Å²) in [5.74, 6) is 1.17. The zero-order valence-electron chi connectivity index (χ0n) is 11.9. The number of nitrogens with zero attached hydrogens (tertiary/aromatic N) is 1. The van der Waals surface area contributed by atoms with Gasteiger partial charge in [-0.25, -0.2) is 0 Å². The summed E-state index contributed by atoms with van der Waals surface area (Å²) in [5, 5.41) is 9.89. The van der Waals surface area contributed by atoms with E-state index in [4.69, 9.17) is 0 Å². The van der Waals surface area contributed by atoms with Crippen molar-refractivity contribution in [2.24, 2.45) is 11.3 Å². The lowest BCUT2D eigenvalue weighted by Gasteiger charge is -2.51. The number of hydrogen-bond acceptors (Lipinski definition) is 2. The first-order valence-corrected chi connectivity index (χ1v) is 8.15. The van der Waals surface area contributed by atoms with Gasteiger partial charge in [0.15, 0.2) is 0 Å². The predicted octanol–water partition coefficient (Wildman–Crippen LogP) is 2.72. The fraction of sp³-hybridized carbons (Fsp3) is 0.938. The Kier molecular flexibility index (Phi) is 3.84. The first kappa shape index (κ1) is 13.4. The van der Waals surface area contributed by atoms with Gasteiger partial charge in [0.05, 0.1) is 6.10 Å². The van der Waals surface area contributed by atoms with Crippen molar-refractivity contribution >= 4 is 5.91 Å². The Labute approximate surface area is 116 Å². The topological polar surface area (TPSA) is 40.5 Å². The molecular weight excluding hydrogens is 238 g/mol. The number of aliphatic hydroxyl groups excluding tert-OH is 1. The van der Waals surface area contributed by atoms with Crippen LogP contribution in [0.25, 0.3) is 0 Å². The molecule has 19 heavy (non-hydrogen) atoms. The monoisotopic (exact) mass is 265 g/mol. The van der Waals surface area contributed by atoms with Crippen LogP contribution in [0.1, 0.15) is 64.2 Å². The number of carbonyl (C=O) groups is 1. The number of rotatable bonds is 3. The molecule has 2 aliphatic carbocycles. The first-order valence-electron chi connectivity index (χ1n) is 8.15. The lowest BCUT2D eigenvalue weighted by atomic mass is 9.61. The molecule has 0 aromatic rings. The maximum Gasteiger partial charge on any atom is 0.222 e.